The van der Waals surface area contributed by atoms with Crippen molar-refractivity contribution >= 4 is 0 Å². The van der Waals surface area contributed by atoms with Gasteiger partial charge < -0.3 is 9.47 Å². The van der Waals surface area contributed by atoms with E-state index >= 15 is 0 Å². The standard InChI is InChI=1S/C10H14N2O2/c1-7-3-10(13-5-7)14-9-4-8(2)11-6-12-9/h4,6-7,10H,3,5H2,1-2H3/t7-,10?/m0/s1. The first kappa shape index (κ1) is 9.40. The fourth-order valence-corrected chi connectivity index (χ4v) is 1.45. The first-order valence-electron chi connectivity index (χ1n) is 4.81. The van der Waals surface area contributed by atoms with E-state index in [4.69, 9.17) is 9.47 Å². The lowest BCUT2D eigenvalue weighted by Gasteiger charge is -2.11. The Morgan fingerprint density at radius 2 is 2.36 bits per heavy atom. The first-order chi connectivity index (χ1) is 6.74. The lowest BCUT2D eigenvalue weighted by molar-refractivity contribution is -0.0421. The van der Waals surface area contributed by atoms with E-state index in [1.54, 1.807) is 0 Å². The molecule has 2 heterocycles. The van der Waals surface area contributed by atoms with Gasteiger partial charge in [0.05, 0.1) is 6.61 Å². The molecule has 0 aromatic carbocycles. The third-order valence-corrected chi connectivity index (χ3v) is 2.19. The molecule has 0 spiro atoms. The van der Waals surface area contributed by atoms with Crippen LogP contribution in [0.3, 0.4) is 0 Å². The van der Waals surface area contributed by atoms with Gasteiger partial charge in [0, 0.05) is 18.2 Å². The molecule has 1 aliphatic rings. The minimum Gasteiger partial charge on any atom is -0.448 e. The summed E-state index contributed by atoms with van der Waals surface area (Å²) in [4.78, 5) is 8.01. The van der Waals surface area contributed by atoms with Gasteiger partial charge in [0.1, 0.15) is 6.33 Å². The van der Waals surface area contributed by atoms with Crippen LogP contribution in [0.25, 0.3) is 0 Å². The smallest absolute Gasteiger partial charge is 0.218 e. The molecule has 0 radical (unpaired) electrons. The summed E-state index contributed by atoms with van der Waals surface area (Å²) < 4.78 is 11.0. The summed E-state index contributed by atoms with van der Waals surface area (Å²) in [5.74, 6) is 1.17. The molecule has 0 bridgehead atoms. The molecule has 2 rings (SSSR count). The molecule has 0 amide bonds. The average molecular weight is 194 g/mol. The molecule has 1 unspecified atom stereocenters. The number of hydrogen-bond acceptors (Lipinski definition) is 4. The van der Waals surface area contributed by atoms with Gasteiger partial charge in [0.15, 0.2) is 0 Å². The van der Waals surface area contributed by atoms with E-state index in [0.29, 0.717) is 11.8 Å². The van der Waals surface area contributed by atoms with Crippen molar-refractivity contribution in [3.8, 4) is 5.88 Å². The molecule has 2 atom stereocenters. The lowest BCUT2D eigenvalue weighted by Crippen LogP contribution is -2.15. The van der Waals surface area contributed by atoms with Crippen LogP contribution in [-0.2, 0) is 4.74 Å². The van der Waals surface area contributed by atoms with Crippen LogP contribution in [-0.4, -0.2) is 22.9 Å². The molecule has 0 N–H and O–H groups in total. The van der Waals surface area contributed by atoms with Crippen LogP contribution < -0.4 is 4.74 Å². The Morgan fingerprint density at radius 3 is 3.00 bits per heavy atom. The van der Waals surface area contributed by atoms with E-state index in [9.17, 15) is 0 Å². The van der Waals surface area contributed by atoms with Gasteiger partial charge in [-0.1, -0.05) is 6.92 Å². The Hall–Kier alpha value is -1.16. The van der Waals surface area contributed by atoms with Gasteiger partial charge in [-0.15, -0.1) is 0 Å². The molecule has 1 saturated heterocycles. The maximum Gasteiger partial charge on any atom is 0.218 e. The molecule has 4 nitrogen and oxygen atoms in total. The summed E-state index contributed by atoms with van der Waals surface area (Å²) in [6.45, 7) is 4.83. The zero-order chi connectivity index (χ0) is 9.97. The second-order valence-corrected chi connectivity index (χ2v) is 3.72. The molecule has 1 fully saturated rings. The monoisotopic (exact) mass is 194 g/mol. The zero-order valence-corrected chi connectivity index (χ0v) is 8.43. The Kier molecular flexibility index (Phi) is 2.63. The van der Waals surface area contributed by atoms with Crippen molar-refractivity contribution in [1.82, 2.24) is 9.97 Å². The molecule has 0 aliphatic carbocycles. The number of ether oxygens (including phenoxy) is 2. The molecule has 1 aliphatic heterocycles. The van der Waals surface area contributed by atoms with Crippen molar-refractivity contribution in [1.29, 1.82) is 0 Å². The SMILES string of the molecule is Cc1cc(OC2C[C@H](C)CO2)ncn1. The van der Waals surface area contributed by atoms with E-state index in [1.807, 2.05) is 13.0 Å². The summed E-state index contributed by atoms with van der Waals surface area (Å²) in [6.07, 6.45) is 2.30. The van der Waals surface area contributed by atoms with E-state index in [0.717, 1.165) is 18.7 Å². The van der Waals surface area contributed by atoms with Crippen LogP contribution in [0, 0.1) is 12.8 Å². The number of nitrogens with zero attached hydrogens (tertiary/aromatic N) is 2. The van der Waals surface area contributed by atoms with E-state index in [-0.39, 0.29) is 6.29 Å². The molecule has 1 aromatic heterocycles. The maximum absolute atomic E-state index is 5.55. The number of hydrogen-bond donors (Lipinski definition) is 0. The van der Waals surface area contributed by atoms with Gasteiger partial charge in [-0.2, -0.15) is 0 Å². The third kappa shape index (κ3) is 2.20. The maximum atomic E-state index is 5.55. The van der Waals surface area contributed by atoms with Gasteiger partial charge in [-0.25, -0.2) is 9.97 Å². The zero-order valence-electron chi connectivity index (χ0n) is 8.43. The fraction of sp³-hybridized carbons (Fsp3) is 0.600. The van der Waals surface area contributed by atoms with Crippen LogP contribution in [0.2, 0.25) is 0 Å². The average Bonchev–Trinajstić information content (AvgIpc) is 2.51. The highest BCUT2D eigenvalue weighted by Gasteiger charge is 2.23. The minimum atomic E-state index is -0.140. The second kappa shape index (κ2) is 3.92. The highest BCUT2D eigenvalue weighted by atomic mass is 16.7. The Bertz CT molecular complexity index is 317. The number of aromatic nitrogens is 2. The highest BCUT2D eigenvalue weighted by Crippen LogP contribution is 2.21. The second-order valence-electron chi connectivity index (χ2n) is 3.72. The Labute approximate surface area is 83.3 Å². The highest BCUT2D eigenvalue weighted by molar-refractivity contribution is 5.12. The minimum absolute atomic E-state index is 0.140. The van der Waals surface area contributed by atoms with Crippen molar-refractivity contribution < 1.29 is 9.47 Å². The van der Waals surface area contributed by atoms with Crippen molar-refractivity contribution in [2.24, 2.45) is 5.92 Å². The summed E-state index contributed by atoms with van der Waals surface area (Å²) >= 11 is 0. The normalized spacial score (nSPS) is 26.4. The number of rotatable bonds is 2. The molecule has 0 saturated carbocycles. The van der Waals surface area contributed by atoms with Crippen molar-refractivity contribution in [2.45, 2.75) is 26.6 Å². The molecular formula is C10H14N2O2. The molecule has 4 heteroatoms. The van der Waals surface area contributed by atoms with Gasteiger partial charge in [-0.3, -0.25) is 0 Å². The predicted molar refractivity (Wildman–Crippen MR) is 50.9 cm³/mol. The van der Waals surface area contributed by atoms with Crippen molar-refractivity contribution in [3.63, 3.8) is 0 Å². The van der Waals surface area contributed by atoms with Crippen LogP contribution in [0.5, 0.6) is 5.88 Å². The van der Waals surface area contributed by atoms with Gasteiger partial charge in [0.2, 0.25) is 12.2 Å². The van der Waals surface area contributed by atoms with Crippen molar-refractivity contribution in [2.75, 3.05) is 6.61 Å². The summed E-state index contributed by atoms with van der Waals surface area (Å²) in [5.41, 5.74) is 0.904. The largest absolute Gasteiger partial charge is 0.448 e. The van der Waals surface area contributed by atoms with Crippen LogP contribution >= 0.6 is 0 Å². The Balaban J connectivity index is 1.97. The third-order valence-electron chi connectivity index (χ3n) is 2.19. The number of aryl methyl sites for hydroxylation is 1. The van der Waals surface area contributed by atoms with Gasteiger partial charge in [-0.05, 0) is 12.8 Å². The summed E-state index contributed by atoms with van der Waals surface area (Å²) in [6, 6.07) is 1.81. The quantitative estimate of drug-likeness (QED) is 0.716. The molecule has 14 heavy (non-hydrogen) atoms. The Morgan fingerprint density at radius 1 is 1.50 bits per heavy atom. The lowest BCUT2D eigenvalue weighted by atomic mass is 10.1. The van der Waals surface area contributed by atoms with Crippen LogP contribution in [0.1, 0.15) is 19.0 Å². The molecule has 1 aromatic rings. The van der Waals surface area contributed by atoms with Gasteiger partial charge in [0.25, 0.3) is 0 Å². The predicted octanol–water partition coefficient (Wildman–Crippen LogP) is 1.55. The summed E-state index contributed by atoms with van der Waals surface area (Å²) in [7, 11) is 0. The molecular weight excluding hydrogens is 180 g/mol. The van der Waals surface area contributed by atoms with E-state index < -0.39 is 0 Å². The molecule has 76 valence electrons. The fourth-order valence-electron chi connectivity index (χ4n) is 1.45. The van der Waals surface area contributed by atoms with Crippen LogP contribution in [0.4, 0.5) is 0 Å². The van der Waals surface area contributed by atoms with Gasteiger partial charge >= 0.3 is 0 Å². The summed E-state index contributed by atoms with van der Waals surface area (Å²) in [5, 5.41) is 0. The topological polar surface area (TPSA) is 44.2 Å². The van der Waals surface area contributed by atoms with E-state index in [1.165, 1.54) is 6.33 Å². The first-order valence-corrected chi connectivity index (χ1v) is 4.81. The van der Waals surface area contributed by atoms with Crippen LogP contribution in [0.15, 0.2) is 12.4 Å². The van der Waals surface area contributed by atoms with E-state index in [2.05, 4.69) is 16.9 Å². The van der Waals surface area contributed by atoms with Crippen molar-refractivity contribution in [3.05, 3.63) is 18.1 Å².